The molecule has 3 rings (SSSR count). The van der Waals surface area contributed by atoms with Gasteiger partial charge in [0.1, 0.15) is 6.10 Å². The number of thiophene rings is 1. The molecule has 1 unspecified atom stereocenters. The van der Waals surface area contributed by atoms with E-state index < -0.39 is 5.97 Å². The van der Waals surface area contributed by atoms with E-state index in [1.807, 2.05) is 12.1 Å². The van der Waals surface area contributed by atoms with Gasteiger partial charge in [0.05, 0.1) is 23.9 Å². The Morgan fingerprint density at radius 2 is 2.18 bits per heavy atom. The molecule has 1 N–H and O–H groups in total. The number of hydrogen-bond donors (Lipinski definition) is 1. The van der Waals surface area contributed by atoms with Gasteiger partial charge in [-0.1, -0.05) is 11.6 Å². The van der Waals surface area contributed by atoms with E-state index in [0.717, 1.165) is 17.7 Å². The van der Waals surface area contributed by atoms with Gasteiger partial charge in [0, 0.05) is 17.8 Å². The second-order valence-electron chi connectivity index (χ2n) is 6.09. The summed E-state index contributed by atoms with van der Waals surface area (Å²) in [7, 11) is 0. The van der Waals surface area contributed by atoms with Gasteiger partial charge in [0.2, 0.25) is 5.91 Å². The first kappa shape index (κ1) is 15.8. The number of rotatable bonds is 5. The number of carbonyl (C=O) groups is 2. The van der Waals surface area contributed by atoms with Crippen LogP contribution in [0.3, 0.4) is 0 Å². The highest BCUT2D eigenvalue weighted by Gasteiger charge is 2.47. The van der Waals surface area contributed by atoms with E-state index in [4.69, 9.17) is 21.4 Å². The average Bonchev–Trinajstić information content (AvgIpc) is 3.06. The summed E-state index contributed by atoms with van der Waals surface area (Å²) >= 11 is 7.42. The topological polar surface area (TPSA) is 66.8 Å². The molecule has 2 aliphatic rings. The third-order valence-corrected chi connectivity index (χ3v) is 5.66. The highest BCUT2D eigenvalue weighted by molar-refractivity contribution is 7.16. The first-order chi connectivity index (χ1) is 10.5. The van der Waals surface area contributed by atoms with Crippen molar-refractivity contribution in [3.63, 3.8) is 0 Å². The van der Waals surface area contributed by atoms with E-state index in [0.29, 0.717) is 30.5 Å². The van der Waals surface area contributed by atoms with Gasteiger partial charge in [0.15, 0.2) is 0 Å². The zero-order chi connectivity index (χ0) is 15.7. The molecule has 0 radical (unpaired) electrons. The maximum atomic E-state index is 12.5. The summed E-state index contributed by atoms with van der Waals surface area (Å²) in [5.41, 5.74) is -0.303. The van der Waals surface area contributed by atoms with E-state index in [1.54, 1.807) is 4.90 Å². The fourth-order valence-electron chi connectivity index (χ4n) is 2.90. The second kappa shape index (κ2) is 6.18. The van der Waals surface area contributed by atoms with E-state index in [-0.39, 0.29) is 23.8 Å². The molecule has 0 bridgehead atoms. The van der Waals surface area contributed by atoms with Gasteiger partial charge < -0.3 is 14.7 Å². The van der Waals surface area contributed by atoms with Crippen molar-refractivity contribution in [2.45, 2.75) is 31.8 Å². The number of nitrogens with zero attached hydrogens (tertiary/aromatic N) is 1. The Kier molecular flexibility index (Phi) is 4.43. The highest BCUT2D eigenvalue weighted by Crippen LogP contribution is 2.52. The number of ether oxygens (including phenoxy) is 1. The zero-order valence-corrected chi connectivity index (χ0v) is 13.7. The SMILES string of the molecule is O=C(O)CC1(CC(=O)N2CCOC(c3ccc(Cl)s3)C2)CC1. The molecule has 5 nitrogen and oxygen atoms in total. The summed E-state index contributed by atoms with van der Waals surface area (Å²) in [6.45, 7) is 1.58. The van der Waals surface area contributed by atoms with Crippen LogP contribution >= 0.6 is 22.9 Å². The fourth-order valence-corrected chi connectivity index (χ4v) is 4.00. The summed E-state index contributed by atoms with van der Waals surface area (Å²) in [5.74, 6) is -0.784. The summed E-state index contributed by atoms with van der Waals surface area (Å²) in [6.07, 6.45) is 1.95. The number of hydrogen-bond acceptors (Lipinski definition) is 4. The molecule has 1 amide bonds. The third-order valence-electron chi connectivity index (χ3n) is 4.34. The van der Waals surface area contributed by atoms with Crippen molar-refractivity contribution >= 4 is 34.8 Å². The molecule has 1 aromatic rings. The third kappa shape index (κ3) is 3.62. The number of carboxylic acid groups (broad SMARTS) is 1. The summed E-state index contributed by atoms with van der Waals surface area (Å²) in [6, 6.07) is 3.76. The molecule has 1 atom stereocenters. The lowest BCUT2D eigenvalue weighted by atomic mass is 9.97. The van der Waals surface area contributed by atoms with Crippen LogP contribution in [0.1, 0.15) is 36.7 Å². The highest BCUT2D eigenvalue weighted by atomic mass is 35.5. The number of aliphatic carboxylic acids is 1. The van der Waals surface area contributed by atoms with E-state index in [9.17, 15) is 9.59 Å². The Balaban J connectivity index is 1.60. The van der Waals surface area contributed by atoms with Crippen LogP contribution in [-0.2, 0) is 14.3 Å². The lowest BCUT2D eigenvalue weighted by molar-refractivity contribution is -0.142. The number of carbonyl (C=O) groups excluding carboxylic acids is 1. The Bertz CT molecular complexity index is 584. The Labute approximate surface area is 137 Å². The standard InChI is InChI=1S/C15H18ClNO4S/c16-12-2-1-11(22-12)10-9-17(5-6-21-10)13(18)7-15(3-4-15)8-14(19)20/h1-2,10H,3-9H2,(H,19,20). The number of carboxylic acids is 1. The Hall–Kier alpha value is -1.11. The van der Waals surface area contributed by atoms with Gasteiger partial charge in [-0.3, -0.25) is 9.59 Å². The van der Waals surface area contributed by atoms with Gasteiger partial charge in [-0.25, -0.2) is 0 Å². The summed E-state index contributed by atoms with van der Waals surface area (Å²) in [5, 5.41) is 8.95. The van der Waals surface area contributed by atoms with Crippen molar-refractivity contribution in [2.75, 3.05) is 19.7 Å². The molecule has 1 saturated heterocycles. The minimum absolute atomic E-state index is 0.0368. The average molecular weight is 344 g/mol. The van der Waals surface area contributed by atoms with Crippen molar-refractivity contribution in [1.29, 1.82) is 0 Å². The first-order valence-corrected chi connectivity index (χ1v) is 8.53. The molecular formula is C15H18ClNO4S. The van der Waals surface area contributed by atoms with Gasteiger partial charge in [-0.05, 0) is 30.4 Å². The zero-order valence-electron chi connectivity index (χ0n) is 12.1. The maximum absolute atomic E-state index is 12.5. The van der Waals surface area contributed by atoms with Crippen LogP contribution in [0.5, 0.6) is 0 Å². The van der Waals surface area contributed by atoms with Crippen molar-refractivity contribution < 1.29 is 19.4 Å². The molecule has 1 aliphatic carbocycles. The molecule has 2 heterocycles. The van der Waals surface area contributed by atoms with Crippen molar-refractivity contribution in [3.05, 3.63) is 21.3 Å². The predicted octanol–water partition coefficient (Wildman–Crippen LogP) is 2.95. The van der Waals surface area contributed by atoms with Crippen LogP contribution in [0.4, 0.5) is 0 Å². The first-order valence-electron chi connectivity index (χ1n) is 7.34. The second-order valence-corrected chi connectivity index (χ2v) is 7.84. The molecule has 0 spiro atoms. The fraction of sp³-hybridized carbons (Fsp3) is 0.600. The van der Waals surface area contributed by atoms with Crippen LogP contribution in [0.15, 0.2) is 12.1 Å². The quantitative estimate of drug-likeness (QED) is 0.892. The minimum atomic E-state index is -0.821. The van der Waals surface area contributed by atoms with Gasteiger partial charge >= 0.3 is 5.97 Å². The maximum Gasteiger partial charge on any atom is 0.303 e. The van der Waals surface area contributed by atoms with Gasteiger partial charge in [-0.15, -0.1) is 11.3 Å². The van der Waals surface area contributed by atoms with Crippen LogP contribution in [0.2, 0.25) is 4.34 Å². The molecule has 120 valence electrons. The van der Waals surface area contributed by atoms with E-state index in [1.165, 1.54) is 11.3 Å². The van der Waals surface area contributed by atoms with Crippen molar-refractivity contribution in [3.8, 4) is 0 Å². The molecular weight excluding hydrogens is 326 g/mol. The van der Waals surface area contributed by atoms with Crippen LogP contribution in [0.25, 0.3) is 0 Å². The molecule has 2 fully saturated rings. The van der Waals surface area contributed by atoms with Crippen LogP contribution in [-0.4, -0.2) is 41.6 Å². The molecule has 1 aromatic heterocycles. The summed E-state index contributed by atoms with van der Waals surface area (Å²) in [4.78, 5) is 26.2. The Morgan fingerprint density at radius 3 is 2.77 bits per heavy atom. The van der Waals surface area contributed by atoms with Gasteiger partial charge in [0.25, 0.3) is 0 Å². The number of morpholine rings is 1. The van der Waals surface area contributed by atoms with E-state index in [2.05, 4.69) is 0 Å². The molecule has 22 heavy (non-hydrogen) atoms. The van der Waals surface area contributed by atoms with Gasteiger partial charge in [-0.2, -0.15) is 0 Å². The lowest BCUT2D eigenvalue weighted by Gasteiger charge is -2.33. The van der Waals surface area contributed by atoms with Crippen molar-refractivity contribution in [1.82, 2.24) is 4.90 Å². The largest absolute Gasteiger partial charge is 0.481 e. The number of halogens is 1. The number of amides is 1. The minimum Gasteiger partial charge on any atom is -0.481 e. The molecule has 1 saturated carbocycles. The lowest BCUT2D eigenvalue weighted by Crippen LogP contribution is -2.43. The van der Waals surface area contributed by atoms with Crippen LogP contribution in [0, 0.1) is 5.41 Å². The smallest absolute Gasteiger partial charge is 0.303 e. The molecule has 1 aliphatic heterocycles. The monoisotopic (exact) mass is 343 g/mol. The molecule has 0 aromatic carbocycles. The normalized spacial score (nSPS) is 23.3. The summed E-state index contributed by atoms with van der Waals surface area (Å²) < 4.78 is 6.44. The Morgan fingerprint density at radius 1 is 1.41 bits per heavy atom. The van der Waals surface area contributed by atoms with Crippen LogP contribution < -0.4 is 0 Å². The predicted molar refractivity (Wildman–Crippen MR) is 83.1 cm³/mol. The van der Waals surface area contributed by atoms with E-state index >= 15 is 0 Å². The molecule has 7 heteroatoms. The van der Waals surface area contributed by atoms with Crippen molar-refractivity contribution in [2.24, 2.45) is 5.41 Å².